The van der Waals surface area contributed by atoms with Crippen molar-refractivity contribution in [2.45, 2.75) is 13.0 Å². The van der Waals surface area contributed by atoms with Crippen molar-refractivity contribution >= 4 is 17.8 Å². The predicted octanol–water partition coefficient (Wildman–Crippen LogP) is 1.95. The molecular formula is C19H30N4OS. The van der Waals surface area contributed by atoms with Crippen LogP contribution in [0.2, 0.25) is 0 Å². The van der Waals surface area contributed by atoms with Gasteiger partial charge >= 0.3 is 6.03 Å². The molecule has 138 valence electrons. The fourth-order valence-corrected chi connectivity index (χ4v) is 4.29. The quantitative estimate of drug-likeness (QED) is 0.785. The van der Waals surface area contributed by atoms with Gasteiger partial charge < -0.3 is 15.1 Å². The van der Waals surface area contributed by atoms with Crippen molar-refractivity contribution in [1.82, 2.24) is 20.0 Å². The second kappa shape index (κ2) is 10.0. The third-order valence-electron chi connectivity index (χ3n) is 4.94. The van der Waals surface area contributed by atoms with Crippen LogP contribution in [-0.2, 0) is 6.54 Å². The molecule has 0 unspecified atom stereocenters. The summed E-state index contributed by atoms with van der Waals surface area (Å²) < 4.78 is 0. The number of carbonyl (C=O) groups excluding carboxylic acids is 1. The summed E-state index contributed by atoms with van der Waals surface area (Å²) >= 11 is 1.93. The average Bonchev–Trinajstić information content (AvgIpc) is 2.68. The van der Waals surface area contributed by atoms with Crippen LogP contribution in [0.4, 0.5) is 4.79 Å². The molecule has 1 aromatic carbocycles. The van der Waals surface area contributed by atoms with Gasteiger partial charge in [0.2, 0.25) is 0 Å². The van der Waals surface area contributed by atoms with Gasteiger partial charge in [0.1, 0.15) is 0 Å². The molecule has 2 aliphatic heterocycles. The Morgan fingerprint density at radius 1 is 0.960 bits per heavy atom. The van der Waals surface area contributed by atoms with Gasteiger partial charge in [-0.3, -0.25) is 4.90 Å². The van der Waals surface area contributed by atoms with E-state index in [1.54, 1.807) is 0 Å². The molecular weight excluding hydrogens is 332 g/mol. The third-order valence-corrected chi connectivity index (χ3v) is 5.88. The van der Waals surface area contributed by atoms with Gasteiger partial charge in [-0.1, -0.05) is 30.3 Å². The maximum absolute atomic E-state index is 12.1. The normalized spacial score (nSPS) is 19.8. The highest BCUT2D eigenvalue weighted by Crippen LogP contribution is 2.10. The van der Waals surface area contributed by atoms with Crippen molar-refractivity contribution < 1.29 is 4.79 Å². The number of nitrogens with one attached hydrogen (secondary N) is 1. The summed E-state index contributed by atoms with van der Waals surface area (Å²) in [5.41, 5.74) is 1.40. The van der Waals surface area contributed by atoms with Crippen LogP contribution in [0.15, 0.2) is 30.3 Å². The fraction of sp³-hybridized carbons (Fsp3) is 0.632. The minimum absolute atomic E-state index is 0.119. The van der Waals surface area contributed by atoms with Crippen LogP contribution < -0.4 is 5.32 Å². The monoisotopic (exact) mass is 362 g/mol. The van der Waals surface area contributed by atoms with Crippen molar-refractivity contribution in [1.29, 1.82) is 0 Å². The van der Waals surface area contributed by atoms with E-state index in [2.05, 4.69) is 45.4 Å². The first kappa shape index (κ1) is 18.5. The molecule has 0 bridgehead atoms. The first-order valence-corrected chi connectivity index (χ1v) is 10.6. The summed E-state index contributed by atoms with van der Waals surface area (Å²) in [6.45, 7) is 9.22. The van der Waals surface area contributed by atoms with Crippen LogP contribution >= 0.6 is 11.8 Å². The van der Waals surface area contributed by atoms with Crippen molar-refractivity contribution in [3.05, 3.63) is 35.9 Å². The molecule has 2 aliphatic rings. The van der Waals surface area contributed by atoms with Gasteiger partial charge in [-0.05, 0) is 18.5 Å². The number of rotatable bonds is 6. The Bertz CT molecular complexity index is 513. The van der Waals surface area contributed by atoms with E-state index in [1.165, 1.54) is 5.56 Å². The lowest BCUT2D eigenvalue weighted by molar-refractivity contribution is 0.126. The molecule has 2 saturated heterocycles. The van der Waals surface area contributed by atoms with Gasteiger partial charge in [0.15, 0.2) is 0 Å². The van der Waals surface area contributed by atoms with Crippen LogP contribution in [0, 0.1) is 0 Å². The second-order valence-corrected chi connectivity index (χ2v) is 8.01. The zero-order chi connectivity index (χ0) is 17.3. The van der Waals surface area contributed by atoms with Crippen LogP contribution in [0.5, 0.6) is 0 Å². The largest absolute Gasteiger partial charge is 0.338 e. The van der Waals surface area contributed by atoms with Crippen molar-refractivity contribution in [3.63, 3.8) is 0 Å². The molecule has 3 rings (SSSR count). The van der Waals surface area contributed by atoms with Crippen LogP contribution in [0.3, 0.4) is 0 Å². The van der Waals surface area contributed by atoms with E-state index in [4.69, 9.17) is 0 Å². The lowest BCUT2D eigenvalue weighted by atomic mass is 10.2. The van der Waals surface area contributed by atoms with E-state index in [1.807, 2.05) is 16.7 Å². The van der Waals surface area contributed by atoms with Gasteiger partial charge in [0, 0.05) is 63.9 Å². The summed E-state index contributed by atoms with van der Waals surface area (Å²) in [6.07, 6.45) is 1.03. The molecule has 5 nitrogen and oxygen atoms in total. The van der Waals surface area contributed by atoms with Crippen LogP contribution in [-0.4, -0.2) is 84.6 Å². The topological polar surface area (TPSA) is 38.8 Å². The molecule has 0 spiro atoms. The van der Waals surface area contributed by atoms with Gasteiger partial charge in [0.05, 0.1) is 0 Å². The molecule has 1 N–H and O–H groups in total. The summed E-state index contributed by atoms with van der Waals surface area (Å²) in [7, 11) is 0. The summed E-state index contributed by atoms with van der Waals surface area (Å²) in [5, 5.41) is 3.07. The third kappa shape index (κ3) is 6.20. The van der Waals surface area contributed by atoms with E-state index >= 15 is 0 Å². The van der Waals surface area contributed by atoms with Gasteiger partial charge in [-0.15, -0.1) is 0 Å². The van der Waals surface area contributed by atoms with Crippen LogP contribution in [0.1, 0.15) is 12.0 Å². The van der Waals surface area contributed by atoms with Crippen molar-refractivity contribution in [3.8, 4) is 0 Å². The van der Waals surface area contributed by atoms with E-state index < -0.39 is 0 Å². The van der Waals surface area contributed by atoms with E-state index in [-0.39, 0.29) is 6.03 Å². The maximum atomic E-state index is 12.1. The minimum atomic E-state index is 0.119. The Hall–Kier alpha value is -1.24. The number of piperazine rings is 1. The lowest BCUT2D eigenvalue weighted by Gasteiger charge is -2.34. The first-order valence-electron chi connectivity index (χ1n) is 9.40. The average molecular weight is 363 g/mol. The van der Waals surface area contributed by atoms with Crippen LogP contribution in [0.25, 0.3) is 0 Å². The van der Waals surface area contributed by atoms with E-state index in [9.17, 15) is 4.79 Å². The number of amides is 2. The molecule has 0 saturated carbocycles. The Balaban J connectivity index is 1.26. The van der Waals surface area contributed by atoms with Crippen molar-refractivity contribution in [2.24, 2.45) is 0 Å². The Morgan fingerprint density at radius 2 is 1.64 bits per heavy atom. The highest BCUT2D eigenvalue weighted by molar-refractivity contribution is 7.99. The van der Waals surface area contributed by atoms with E-state index in [0.717, 1.165) is 76.8 Å². The van der Waals surface area contributed by atoms with Gasteiger partial charge in [-0.25, -0.2) is 4.79 Å². The highest BCUT2D eigenvalue weighted by Gasteiger charge is 2.18. The molecule has 6 heteroatoms. The number of carbonyl (C=O) groups is 1. The zero-order valence-corrected chi connectivity index (χ0v) is 15.8. The Kier molecular flexibility index (Phi) is 7.45. The predicted molar refractivity (Wildman–Crippen MR) is 105 cm³/mol. The smallest absolute Gasteiger partial charge is 0.317 e. The van der Waals surface area contributed by atoms with E-state index in [0.29, 0.717) is 0 Å². The second-order valence-electron chi connectivity index (χ2n) is 6.79. The molecule has 0 aromatic heterocycles. The minimum Gasteiger partial charge on any atom is -0.338 e. The van der Waals surface area contributed by atoms with Crippen molar-refractivity contribution in [2.75, 3.05) is 63.9 Å². The molecule has 2 heterocycles. The standard InChI is InChI=1S/C19H30N4OS/c24-19(23-13-15-25-16-14-23)20-7-4-8-21-9-11-22(12-10-21)17-18-5-2-1-3-6-18/h1-3,5-6H,4,7-17H2,(H,20,24). The number of hydrogen-bond acceptors (Lipinski definition) is 4. The van der Waals surface area contributed by atoms with Gasteiger partial charge in [-0.2, -0.15) is 11.8 Å². The fourth-order valence-electron chi connectivity index (χ4n) is 3.39. The number of urea groups is 1. The number of hydrogen-bond donors (Lipinski definition) is 1. The molecule has 0 aliphatic carbocycles. The number of nitrogens with zero attached hydrogens (tertiary/aromatic N) is 3. The zero-order valence-electron chi connectivity index (χ0n) is 15.0. The first-order chi connectivity index (χ1) is 12.3. The lowest BCUT2D eigenvalue weighted by Crippen LogP contribution is -2.47. The molecule has 0 radical (unpaired) electrons. The summed E-state index contributed by atoms with van der Waals surface area (Å²) in [6, 6.07) is 10.8. The number of benzene rings is 1. The SMILES string of the molecule is O=C(NCCCN1CCN(Cc2ccccc2)CC1)N1CCSCC1. The maximum Gasteiger partial charge on any atom is 0.317 e. The Morgan fingerprint density at radius 3 is 2.36 bits per heavy atom. The summed E-state index contributed by atoms with van der Waals surface area (Å²) in [5.74, 6) is 2.14. The molecule has 25 heavy (non-hydrogen) atoms. The summed E-state index contributed by atoms with van der Waals surface area (Å²) in [4.78, 5) is 19.0. The molecule has 1 aromatic rings. The number of thioether (sulfide) groups is 1. The highest BCUT2D eigenvalue weighted by atomic mass is 32.2. The Labute approximate surface area is 155 Å². The molecule has 2 fully saturated rings. The molecule has 0 atom stereocenters. The van der Waals surface area contributed by atoms with Gasteiger partial charge in [0.25, 0.3) is 0 Å². The molecule has 2 amide bonds.